The van der Waals surface area contributed by atoms with Crippen LogP contribution >= 0.6 is 0 Å². The first-order valence-electron chi connectivity index (χ1n) is 2.68. The van der Waals surface area contributed by atoms with Crippen molar-refractivity contribution in [2.45, 2.75) is 0 Å². The van der Waals surface area contributed by atoms with Crippen LogP contribution in [0, 0.1) is 0 Å². The number of nitrogens with one attached hydrogen (secondary N) is 2. The zero-order chi connectivity index (χ0) is 7.56. The predicted octanol–water partition coefficient (Wildman–Crippen LogP) is -1.10. The molecule has 0 aromatic rings. The van der Waals surface area contributed by atoms with Gasteiger partial charge >= 0.3 is 6.03 Å². The van der Waals surface area contributed by atoms with Crippen LogP contribution in [0.4, 0.5) is 4.79 Å². The summed E-state index contributed by atoms with van der Waals surface area (Å²) in [7, 11) is 1.58. The molecule has 0 fully saturated rings. The summed E-state index contributed by atoms with van der Waals surface area (Å²) in [5, 5.41) is 7.92. The van der Waals surface area contributed by atoms with Crippen molar-refractivity contribution < 1.29 is 9.59 Å². The van der Waals surface area contributed by atoms with Crippen molar-refractivity contribution in [2.75, 3.05) is 7.05 Å². The van der Waals surface area contributed by atoms with Crippen molar-refractivity contribution in [3.8, 4) is 0 Å². The van der Waals surface area contributed by atoms with Crippen LogP contribution in [0.15, 0.2) is 11.9 Å². The average molecular weight is 140 g/mol. The second-order valence-corrected chi connectivity index (χ2v) is 1.68. The minimum atomic E-state index is -0.621. The molecule has 1 rings (SSSR count). The average Bonchev–Trinajstić information content (AvgIpc) is 1.88. The van der Waals surface area contributed by atoms with Crippen LogP contribution in [0.5, 0.6) is 0 Å². The topological polar surface area (TPSA) is 72.3 Å². The van der Waals surface area contributed by atoms with E-state index in [0.717, 1.165) is 0 Å². The Kier molecular flexibility index (Phi) is 1.57. The molecule has 1 aliphatic rings. The number of rotatable bonds is 1. The summed E-state index contributed by atoms with van der Waals surface area (Å²) in [5.74, 6) is -0.442. The highest BCUT2D eigenvalue weighted by molar-refractivity contribution is 6.05. The third-order valence-electron chi connectivity index (χ3n) is 1.05. The molecule has 5 nitrogen and oxygen atoms in total. The van der Waals surface area contributed by atoms with Crippen LogP contribution in [0.25, 0.3) is 0 Å². The van der Waals surface area contributed by atoms with Gasteiger partial charge in [-0.3, -0.25) is 10.1 Å². The molecular weight excluding hydrogens is 134 g/mol. The highest BCUT2D eigenvalue weighted by atomic mass is 16.2. The van der Waals surface area contributed by atoms with Crippen LogP contribution in [0.2, 0.25) is 0 Å². The molecule has 0 unspecified atom stereocenters. The monoisotopic (exact) mass is 140 g/mol. The van der Waals surface area contributed by atoms with E-state index in [9.17, 15) is 9.59 Å². The van der Waals surface area contributed by atoms with E-state index in [2.05, 4.69) is 10.6 Å². The van der Waals surface area contributed by atoms with Gasteiger partial charge in [0.15, 0.2) is 0 Å². The Morgan fingerprint density at radius 1 is 1.60 bits per heavy atom. The molecule has 0 aromatic carbocycles. The summed E-state index contributed by atoms with van der Waals surface area (Å²) in [5.41, 5.74) is 0.291. The maximum atomic E-state index is 10.7. The third-order valence-corrected chi connectivity index (χ3v) is 1.05. The number of urea groups is 1. The molecule has 53 valence electrons. The fourth-order valence-electron chi connectivity index (χ4n) is 0.557. The molecule has 3 amide bonds. The van der Waals surface area contributed by atoms with Gasteiger partial charge in [0.25, 0.3) is 5.91 Å². The van der Waals surface area contributed by atoms with Gasteiger partial charge in [0.2, 0.25) is 0 Å². The molecule has 0 saturated heterocycles. The van der Waals surface area contributed by atoms with Crippen LogP contribution in [0.1, 0.15) is 0 Å². The van der Waals surface area contributed by atoms with Gasteiger partial charge in [-0.1, -0.05) is 0 Å². The maximum Gasteiger partial charge on any atom is 0.347 e. The van der Waals surface area contributed by atoms with E-state index in [1.54, 1.807) is 7.05 Å². The van der Waals surface area contributed by atoms with E-state index >= 15 is 0 Å². The molecule has 5 heteroatoms. The van der Waals surface area contributed by atoms with E-state index in [0.29, 0.717) is 5.70 Å². The summed E-state index contributed by atoms with van der Waals surface area (Å²) in [6, 6.07) is -0.621. The molecule has 2 N–H and O–H groups in total. The molecule has 0 spiro atoms. The molecule has 1 heterocycles. The SMILES string of the molecule is CNC1=C[N]C(=O)NC1=O. The van der Waals surface area contributed by atoms with Gasteiger partial charge < -0.3 is 5.32 Å². The van der Waals surface area contributed by atoms with Crippen molar-refractivity contribution in [1.82, 2.24) is 16.0 Å². The normalized spacial score (nSPS) is 17.1. The quantitative estimate of drug-likeness (QED) is 0.485. The number of hydrogen-bond donors (Lipinski definition) is 2. The number of carbonyl (C=O) groups excluding carboxylic acids is 2. The zero-order valence-corrected chi connectivity index (χ0v) is 5.34. The molecule has 0 atom stereocenters. The summed E-state index contributed by atoms with van der Waals surface area (Å²) < 4.78 is 0. The van der Waals surface area contributed by atoms with Gasteiger partial charge in [-0.25, -0.2) is 4.79 Å². The van der Waals surface area contributed by atoms with Crippen LogP contribution in [-0.2, 0) is 4.79 Å². The summed E-state index contributed by atoms with van der Waals surface area (Å²) in [4.78, 5) is 21.1. The smallest absolute Gasteiger partial charge is 0.347 e. The van der Waals surface area contributed by atoms with Gasteiger partial charge in [0.1, 0.15) is 5.70 Å². The fourth-order valence-corrected chi connectivity index (χ4v) is 0.557. The summed E-state index contributed by atoms with van der Waals surface area (Å²) in [6.45, 7) is 0. The van der Waals surface area contributed by atoms with E-state index in [1.807, 2.05) is 5.32 Å². The highest BCUT2D eigenvalue weighted by Gasteiger charge is 2.17. The van der Waals surface area contributed by atoms with Crippen molar-refractivity contribution in [1.29, 1.82) is 0 Å². The molecule has 0 aliphatic carbocycles. The molecule has 10 heavy (non-hydrogen) atoms. The van der Waals surface area contributed by atoms with Gasteiger partial charge in [-0.15, -0.1) is 0 Å². The first kappa shape index (κ1) is 6.60. The Morgan fingerprint density at radius 3 is 2.80 bits per heavy atom. The summed E-state index contributed by atoms with van der Waals surface area (Å²) >= 11 is 0. The number of carbonyl (C=O) groups is 2. The molecule has 1 radical (unpaired) electrons. The van der Waals surface area contributed by atoms with E-state index in [-0.39, 0.29) is 0 Å². The lowest BCUT2D eigenvalue weighted by Crippen LogP contribution is -2.42. The largest absolute Gasteiger partial charge is 0.382 e. The second kappa shape index (κ2) is 2.38. The number of likely N-dealkylation sites (N-methyl/N-ethyl adjacent to an activating group) is 1. The Balaban J connectivity index is 2.75. The third kappa shape index (κ3) is 1.07. The van der Waals surface area contributed by atoms with E-state index < -0.39 is 11.9 Å². The standard InChI is InChI=1S/C5H6N3O2/c1-6-3-2-7-5(10)8-4(3)9/h2,6H,1H3,(H,8,9,10). The van der Waals surface area contributed by atoms with Gasteiger partial charge in [0, 0.05) is 7.05 Å². The maximum absolute atomic E-state index is 10.7. The van der Waals surface area contributed by atoms with Gasteiger partial charge in [-0.2, -0.15) is 5.32 Å². The van der Waals surface area contributed by atoms with Crippen LogP contribution < -0.4 is 16.0 Å². The molecule has 1 aliphatic heterocycles. The Labute approximate surface area is 57.5 Å². The summed E-state index contributed by atoms with van der Waals surface area (Å²) in [6.07, 6.45) is 1.20. The number of amides is 3. The lowest BCUT2D eigenvalue weighted by Gasteiger charge is -2.10. The second-order valence-electron chi connectivity index (χ2n) is 1.68. The molecule has 0 saturated carbocycles. The van der Waals surface area contributed by atoms with E-state index in [4.69, 9.17) is 0 Å². The van der Waals surface area contributed by atoms with Crippen molar-refractivity contribution in [3.05, 3.63) is 11.9 Å². The number of imide groups is 1. The molecular formula is C5H6N3O2. The van der Waals surface area contributed by atoms with E-state index in [1.165, 1.54) is 6.20 Å². The van der Waals surface area contributed by atoms with Gasteiger partial charge in [0.05, 0.1) is 6.20 Å². The molecule has 0 aromatic heterocycles. The Morgan fingerprint density at radius 2 is 2.30 bits per heavy atom. The Bertz CT molecular complexity index is 209. The first-order chi connectivity index (χ1) is 4.74. The van der Waals surface area contributed by atoms with Crippen molar-refractivity contribution in [3.63, 3.8) is 0 Å². The number of nitrogens with zero attached hydrogens (tertiary/aromatic N) is 1. The van der Waals surface area contributed by atoms with Crippen LogP contribution in [-0.4, -0.2) is 19.0 Å². The van der Waals surface area contributed by atoms with Gasteiger partial charge in [-0.05, 0) is 0 Å². The van der Waals surface area contributed by atoms with Crippen molar-refractivity contribution in [2.24, 2.45) is 0 Å². The highest BCUT2D eigenvalue weighted by Crippen LogP contribution is 1.91. The molecule has 0 bridgehead atoms. The fraction of sp³-hybridized carbons (Fsp3) is 0.200. The van der Waals surface area contributed by atoms with Crippen molar-refractivity contribution >= 4 is 11.9 Å². The lowest BCUT2D eigenvalue weighted by molar-refractivity contribution is -0.117. The Hall–Kier alpha value is -1.52. The minimum Gasteiger partial charge on any atom is -0.382 e. The van der Waals surface area contributed by atoms with Crippen LogP contribution in [0.3, 0.4) is 0 Å². The zero-order valence-electron chi connectivity index (χ0n) is 5.34. The minimum absolute atomic E-state index is 0.291. The number of hydrogen-bond acceptors (Lipinski definition) is 3. The first-order valence-corrected chi connectivity index (χ1v) is 2.68. The predicted molar refractivity (Wildman–Crippen MR) is 32.8 cm³/mol. The lowest BCUT2D eigenvalue weighted by atomic mass is 10.4.